The molecule has 0 aliphatic carbocycles. The van der Waals surface area contributed by atoms with Crippen molar-refractivity contribution in [3.63, 3.8) is 0 Å². The maximum absolute atomic E-state index is 10.6. The molecule has 2 rings (SSSR count). The van der Waals surface area contributed by atoms with Gasteiger partial charge in [0.2, 0.25) is 0 Å². The molecule has 1 aliphatic heterocycles. The third-order valence-corrected chi connectivity index (χ3v) is 2.43. The summed E-state index contributed by atoms with van der Waals surface area (Å²) in [5.74, 6) is 0.297. The molecule has 76 valence electrons. The quantitative estimate of drug-likeness (QED) is 0.702. The Morgan fingerprint density at radius 3 is 3.14 bits per heavy atom. The molecule has 0 amide bonds. The van der Waals surface area contributed by atoms with Crippen molar-refractivity contribution in [1.82, 2.24) is 9.78 Å². The molecule has 2 heterocycles. The van der Waals surface area contributed by atoms with Crippen molar-refractivity contribution in [2.24, 2.45) is 0 Å². The van der Waals surface area contributed by atoms with Gasteiger partial charge in [-0.1, -0.05) is 0 Å². The summed E-state index contributed by atoms with van der Waals surface area (Å²) in [5.41, 5.74) is 6.01. The number of nitrogens with two attached hydrogens (primary N) is 1. The molecule has 0 saturated carbocycles. The van der Waals surface area contributed by atoms with Crippen LogP contribution in [0.4, 0.5) is 5.82 Å². The third-order valence-electron chi connectivity index (χ3n) is 2.43. The Hall–Kier alpha value is -1.36. The van der Waals surface area contributed by atoms with Crippen molar-refractivity contribution < 1.29 is 9.53 Å². The number of aromatic nitrogens is 2. The zero-order valence-corrected chi connectivity index (χ0v) is 7.85. The first-order chi connectivity index (χ1) is 6.81. The number of hydrogen-bond acceptors (Lipinski definition) is 4. The van der Waals surface area contributed by atoms with E-state index in [1.165, 1.54) is 0 Å². The minimum Gasteiger partial charge on any atom is -0.382 e. The maximum atomic E-state index is 10.6. The lowest BCUT2D eigenvalue weighted by Crippen LogP contribution is -2.21. The SMILES string of the molecule is Nc1nn(C2CCCOC2)cc1C=O. The molecule has 0 radical (unpaired) electrons. The predicted molar refractivity (Wildman–Crippen MR) is 51.1 cm³/mol. The number of nitrogen functional groups attached to an aromatic ring is 1. The van der Waals surface area contributed by atoms with Gasteiger partial charge >= 0.3 is 0 Å². The Labute approximate surface area is 81.8 Å². The van der Waals surface area contributed by atoms with Crippen LogP contribution in [0.1, 0.15) is 29.2 Å². The van der Waals surface area contributed by atoms with Gasteiger partial charge in [0, 0.05) is 12.8 Å². The number of rotatable bonds is 2. The zero-order valence-electron chi connectivity index (χ0n) is 7.85. The monoisotopic (exact) mass is 195 g/mol. The van der Waals surface area contributed by atoms with Gasteiger partial charge < -0.3 is 10.5 Å². The minimum absolute atomic E-state index is 0.222. The molecule has 2 N–H and O–H groups in total. The molecule has 5 heteroatoms. The summed E-state index contributed by atoms with van der Waals surface area (Å²) >= 11 is 0. The van der Waals surface area contributed by atoms with Crippen molar-refractivity contribution in [2.45, 2.75) is 18.9 Å². The lowest BCUT2D eigenvalue weighted by molar-refractivity contribution is 0.0550. The normalized spacial score (nSPS) is 22.1. The van der Waals surface area contributed by atoms with Crippen LogP contribution < -0.4 is 5.73 Å². The zero-order chi connectivity index (χ0) is 9.97. The van der Waals surface area contributed by atoms with Gasteiger partial charge in [-0.15, -0.1) is 0 Å². The Kier molecular flexibility index (Phi) is 2.49. The van der Waals surface area contributed by atoms with Crippen LogP contribution in [0.15, 0.2) is 6.20 Å². The second-order valence-corrected chi connectivity index (χ2v) is 3.44. The molecule has 1 atom stereocenters. The van der Waals surface area contributed by atoms with Crippen LogP contribution in [-0.2, 0) is 4.74 Å². The second-order valence-electron chi connectivity index (χ2n) is 3.44. The van der Waals surface area contributed by atoms with Gasteiger partial charge in [-0.3, -0.25) is 9.48 Å². The van der Waals surface area contributed by atoms with Crippen LogP contribution in [0.2, 0.25) is 0 Å². The van der Waals surface area contributed by atoms with Crippen molar-refractivity contribution in [1.29, 1.82) is 0 Å². The summed E-state index contributed by atoms with van der Waals surface area (Å²) in [6, 6.07) is 0.222. The molecule has 1 aliphatic rings. The van der Waals surface area contributed by atoms with E-state index in [1.54, 1.807) is 10.9 Å². The molecule has 14 heavy (non-hydrogen) atoms. The highest BCUT2D eigenvalue weighted by Crippen LogP contribution is 2.20. The van der Waals surface area contributed by atoms with Gasteiger partial charge in [-0.25, -0.2) is 0 Å². The molecule has 1 saturated heterocycles. The topological polar surface area (TPSA) is 70.1 Å². The van der Waals surface area contributed by atoms with Crippen LogP contribution in [-0.4, -0.2) is 29.3 Å². The molecule has 1 fully saturated rings. The summed E-state index contributed by atoms with van der Waals surface area (Å²) in [4.78, 5) is 10.6. The van der Waals surface area contributed by atoms with E-state index in [2.05, 4.69) is 5.10 Å². The standard InChI is InChI=1S/C9H13N3O2/c10-9-7(5-13)4-12(11-9)8-2-1-3-14-6-8/h4-5,8H,1-3,6H2,(H2,10,11). The van der Waals surface area contributed by atoms with E-state index >= 15 is 0 Å². The highest BCUT2D eigenvalue weighted by Gasteiger charge is 2.17. The van der Waals surface area contributed by atoms with Crippen LogP contribution in [0.25, 0.3) is 0 Å². The van der Waals surface area contributed by atoms with Gasteiger partial charge in [-0.05, 0) is 12.8 Å². The Bertz CT molecular complexity index is 329. The van der Waals surface area contributed by atoms with Crippen LogP contribution in [0.3, 0.4) is 0 Å². The molecule has 0 aromatic carbocycles. The summed E-state index contributed by atoms with van der Waals surface area (Å²) in [5, 5.41) is 4.09. The van der Waals surface area contributed by atoms with Gasteiger partial charge in [0.1, 0.15) is 0 Å². The molecular weight excluding hydrogens is 182 g/mol. The predicted octanol–water partition coefficient (Wildman–Crippen LogP) is 0.629. The maximum Gasteiger partial charge on any atom is 0.156 e. The number of hydrogen-bond donors (Lipinski definition) is 1. The van der Waals surface area contributed by atoms with E-state index in [0.29, 0.717) is 18.0 Å². The minimum atomic E-state index is 0.222. The summed E-state index contributed by atoms with van der Waals surface area (Å²) in [6.45, 7) is 1.47. The molecule has 0 bridgehead atoms. The fourth-order valence-corrected chi connectivity index (χ4v) is 1.63. The van der Waals surface area contributed by atoms with Crippen LogP contribution in [0, 0.1) is 0 Å². The van der Waals surface area contributed by atoms with Gasteiger partial charge in [-0.2, -0.15) is 5.10 Å². The summed E-state index contributed by atoms with van der Waals surface area (Å²) in [6.07, 6.45) is 4.46. The molecule has 5 nitrogen and oxygen atoms in total. The van der Waals surface area contributed by atoms with E-state index in [4.69, 9.17) is 10.5 Å². The smallest absolute Gasteiger partial charge is 0.156 e. The number of aldehydes is 1. The van der Waals surface area contributed by atoms with E-state index in [1.807, 2.05) is 0 Å². The fraction of sp³-hybridized carbons (Fsp3) is 0.556. The van der Waals surface area contributed by atoms with Crippen LogP contribution in [0.5, 0.6) is 0 Å². The lowest BCUT2D eigenvalue weighted by Gasteiger charge is -2.22. The Balaban J connectivity index is 2.18. The third kappa shape index (κ3) is 1.63. The Morgan fingerprint density at radius 2 is 2.57 bits per heavy atom. The highest BCUT2D eigenvalue weighted by molar-refractivity contribution is 5.81. The van der Waals surface area contributed by atoms with Crippen molar-refractivity contribution in [3.8, 4) is 0 Å². The van der Waals surface area contributed by atoms with Crippen molar-refractivity contribution in [2.75, 3.05) is 18.9 Å². The molecular formula is C9H13N3O2. The summed E-state index contributed by atoms with van der Waals surface area (Å²) in [7, 11) is 0. The van der Waals surface area contributed by atoms with E-state index in [0.717, 1.165) is 25.7 Å². The first kappa shape index (κ1) is 9.21. The largest absolute Gasteiger partial charge is 0.382 e. The molecule has 0 spiro atoms. The summed E-state index contributed by atoms with van der Waals surface area (Å²) < 4.78 is 7.06. The fourth-order valence-electron chi connectivity index (χ4n) is 1.63. The van der Waals surface area contributed by atoms with Gasteiger partial charge in [0.05, 0.1) is 18.2 Å². The second kappa shape index (κ2) is 3.79. The highest BCUT2D eigenvalue weighted by atomic mass is 16.5. The van der Waals surface area contributed by atoms with Crippen LogP contribution >= 0.6 is 0 Å². The van der Waals surface area contributed by atoms with Gasteiger partial charge in [0.15, 0.2) is 12.1 Å². The van der Waals surface area contributed by atoms with Crippen molar-refractivity contribution in [3.05, 3.63) is 11.8 Å². The average Bonchev–Trinajstić information content (AvgIpc) is 2.61. The number of carbonyl (C=O) groups is 1. The van der Waals surface area contributed by atoms with Gasteiger partial charge in [0.25, 0.3) is 0 Å². The molecule has 1 aromatic rings. The number of nitrogens with zero attached hydrogens (tertiary/aromatic N) is 2. The van der Waals surface area contributed by atoms with E-state index in [-0.39, 0.29) is 6.04 Å². The van der Waals surface area contributed by atoms with E-state index in [9.17, 15) is 4.79 Å². The molecule has 1 aromatic heterocycles. The first-order valence-corrected chi connectivity index (χ1v) is 4.69. The first-order valence-electron chi connectivity index (χ1n) is 4.69. The average molecular weight is 195 g/mol. The van der Waals surface area contributed by atoms with Crippen molar-refractivity contribution >= 4 is 12.1 Å². The van der Waals surface area contributed by atoms with E-state index < -0.39 is 0 Å². The number of ether oxygens (including phenoxy) is 1. The Morgan fingerprint density at radius 1 is 1.71 bits per heavy atom. The number of anilines is 1. The lowest BCUT2D eigenvalue weighted by atomic mass is 10.1. The molecule has 1 unspecified atom stereocenters. The number of carbonyl (C=O) groups excluding carboxylic acids is 1.